The van der Waals surface area contributed by atoms with Crippen LogP contribution in [0.3, 0.4) is 0 Å². The van der Waals surface area contributed by atoms with Crippen molar-refractivity contribution in [2.24, 2.45) is 0 Å². The van der Waals surface area contributed by atoms with Gasteiger partial charge in [0.1, 0.15) is 0 Å². The maximum absolute atomic E-state index is 11.5. The molecule has 94 valence electrons. The summed E-state index contributed by atoms with van der Waals surface area (Å²) >= 11 is 0. The number of nitrogens with zero attached hydrogens (tertiary/aromatic N) is 2. The van der Waals surface area contributed by atoms with E-state index in [-0.39, 0.29) is 11.9 Å². The molecule has 0 radical (unpaired) electrons. The molecule has 1 aromatic carbocycles. The van der Waals surface area contributed by atoms with Crippen molar-refractivity contribution in [2.75, 3.05) is 7.11 Å². The fourth-order valence-corrected chi connectivity index (χ4v) is 1.70. The fraction of sp³-hybridized carbons (Fsp3) is 0.231. The summed E-state index contributed by atoms with van der Waals surface area (Å²) in [6, 6.07) is 10.1. The van der Waals surface area contributed by atoms with Crippen LogP contribution in [0.25, 0.3) is 0 Å². The molecule has 1 heterocycles. The lowest BCUT2D eigenvalue weighted by Crippen LogP contribution is -2.21. The van der Waals surface area contributed by atoms with Crippen LogP contribution in [0, 0.1) is 0 Å². The van der Waals surface area contributed by atoms with Crippen LogP contribution in [0.15, 0.2) is 42.7 Å². The van der Waals surface area contributed by atoms with Gasteiger partial charge in [-0.1, -0.05) is 30.3 Å². The van der Waals surface area contributed by atoms with Gasteiger partial charge in [-0.05, 0) is 12.5 Å². The zero-order valence-corrected chi connectivity index (χ0v) is 10.3. The molecular weight excluding hydrogens is 230 g/mol. The van der Waals surface area contributed by atoms with Gasteiger partial charge in [0.2, 0.25) is 0 Å². The van der Waals surface area contributed by atoms with E-state index in [9.17, 15) is 4.79 Å². The van der Waals surface area contributed by atoms with E-state index in [1.165, 1.54) is 13.3 Å². The highest BCUT2D eigenvalue weighted by Crippen LogP contribution is 2.16. The van der Waals surface area contributed by atoms with Crippen molar-refractivity contribution in [3.05, 3.63) is 53.9 Å². The van der Waals surface area contributed by atoms with Gasteiger partial charge >= 0.3 is 0 Å². The third kappa shape index (κ3) is 2.57. The first-order valence-corrected chi connectivity index (χ1v) is 5.65. The van der Waals surface area contributed by atoms with E-state index in [2.05, 4.69) is 15.4 Å². The summed E-state index contributed by atoms with van der Waals surface area (Å²) in [5, 5.41) is 4.20. The quantitative estimate of drug-likeness (QED) is 0.835. The smallest absolute Gasteiger partial charge is 0.277 e. The topological polar surface area (TPSA) is 56.1 Å². The molecule has 0 bridgehead atoms. The molecule has 2 aromatic rings. The number of carbonyl (C=O) groups is 1. The molecule has 0 spiro atoms. The minimum absolute atomic E-state index is 0.0790. The van der Waals surface area contributed by atoms with Gasteiger partial charge in [0.05, 0.1) is 24.9 Å². The average molecular weight is 245 g/mol. The molecule has 1 atom stereocenters. The van der Waals surface area contributed by atoms with Gasteiger partial charge in [0.15, 0.2) is 0 Å². The second kappa shape index (κ2) is 5.46. The van der Waals surface area contributed by atoms with Crippen molar-refractivity contribution in [3.63, 3.8) is 0 Å². The van der Waals surface area contributed by atoms with Crippen LogP contribution in [0.2, 0.25) is 0 Å². The van der Waals surface area contributed by atoms with E-state index in [0.717, 1.165) is 5.56 Å². The number of rotatable bonds is 4. The van der Waals surface area contributed by atoms with Crippen LogP contribution >= 0.6 is 0 Å². The molecule has 5 heteroatoms. The summed E-state index contributed by atoms with van der Waals surface area (Å²) < 4.78 is 1.75. The van der Waals surface area contributed by atoms with Crippen LogP contribution in [0.1, 0.15) is 28.9 Å². The summed E-state index contributed by atoms with van der Waals surface area (Å²) in [5.41, 5.74) is 3.87. The van der Waals surface area contributed by atoms with E-state index < -0.39 is 0 Å². The summed E-state index contributed by atoms with van der Waals surface area (Å²) in [5.74, 6) is -0.302. The minimum atomic E-state index is -0.302. The Kier molecular flexibility index (Phi) is 3.74. The molecule has 0 aliphatic heterocycles. The summed E-state index contributed by atoms with van der Waals surface area (Å²) in [6.45, 7) is 2.03. The van der Waals surface area contributed by atoms with E-state index >= 15 is 0 Å². The number of hydrogen-bond acceptors (Lipinski definition) is 3. The predicted octanol–water partition coefficient (Wildman–Crippen LogP) is 1.78. The van der Waals surface area contributed by atoms with Gasteiger partial charge in [-0.25, -0.2) is 5.48 Å². The number of carbonyl (C=O) groups excluding carboxylic acids is 1. The van der Waals surface area contributed by atoms with E-state index in [4.69, 9.17) is 0 Å². The van der Waals surface area contributed by atoms with E-state index in [1.54, 1.807) is 10.9 Å². The minimum Gasteiger partial charge on any atom is -0.277 e. The van der Waals surface area contributed by atoms with E-state index in [1.807, 2.05) is 37.3 Å². The SMILES string of the molecule is CONC(=O)c1cnn(C(C)c2ccccc2)c1. The van der Waals surface area contributed by atoms with Crippen LogP contribution in [-0.2, 0) is 4.84 Å². The van der Waals surface area contributed by atoms with Crippen LogP contribution in [0.5, 0.6) is 0 Å². The van der Waals surface area contributed by atoms with Gasteiger partial charge < -0.3 is 0 Å². The molecule has 1 unspecified atom stereocenters. The van der Waals surface area contributed by atoms with Crippen molar-refractivity contribution >= 4 is 5.91 Å². The maximum atomic E-state index is 11.5. The van der Waals surface area contributed by atoms with Gasteiger partial charge in [-0.15, -0.1) is 0 Å². The number of hydroxylamine groups is 1. The fourth-order valence-electron chi connectivity index (χ4n) is 1.70. The molecule has 5 nitrogen and oxygen atoms in total. The molecule has 18 heavy (non-hydrogen) atoms. The van der Waals surface area contributed by atoms with Crippen molar-refractivity contribution < 1.29 is 9.63 Å². The molecule has 0 aliphatic rings. The van der Waals surface area contributed by atoms with Gasteiger partial charge in [-0.2, -0.15) is 5.10 Å². The largest absolute Gasteiger partial charge is 0.278 e. The van der Waals surface area contributed by atoms with Gasteiger partial charge in [0, 0.05) is 6.20 Å². The van der Waals surface area contributed by atoms with Crippen LogP contribution < -0.4 is 5.48 Å². The zero-order chi connectivity index (χ0) is 13.0. The first-order chi connectivity index (χ1) is 8.72. The zero-order valence-electron chi connectivity index (χ0n) is 10.3. The Hall–Kier alpha value is -2.14. The number of amides is 1. The molecule has 0 aliphatic carbocycles. The first kappa shape index (κ1) is 12.3. The third-order valence-electron chi connectivity index (χ3n) is 2.74. The Balaban J connectivity index is 2.17. The Bertz CT molecular complexity index is 522. The molecule has 0 fully saturated rings. The Morgan fingerprint density at radius 2 is 2.11 bits per heavy atom. The second-order valence-electron chi connectivity index (χ2n) is 3.93. The average Bonchev–Trinajstić information content (AvgIpc) is 2.89. The third-order valence-corrected chi connectivity index (χ3v) is 2.74. The van der Waals surface area contributed by atoms with Crippen molar-refractivity contribution in [3.8, 4) is 0 Å². The Morgan fingerprint density at radius 1 is 1.39 bits per heavy atom. The molecular formula is C13H15N3O2. The summed E-state index contributed by atoms with van der Waals surface area (Å²) in [4.78, 5) is 16.1. The molecule has 0 saturated carbocycles. The highest BCUT2D eigenvalue weighted by Gasteiger charge is 2.12. The lowest BCUT2D eigenvalue weighted by Gasteiger charge is -2.11. The molecule has 2 rings (SSSR count). The second-order valence-corrected chi connectivity index (χ2v) is 3.93. The predicted molar refractivity (Wildman–Crippen MR) is 67.0 cm³/mol. The molecule has 1 amide bonds. The van der Waals surface area contributed by atoms with E-state index in [0.29, 0.717) is 5.56 Å². The standard InChI is InChI=1S/C13H15N3O2/c1-10(11-6-4-3-5-7-11)16-9-12(8-14-16)13(17)15-18-2/h3-10H,1-2H3,(H,15,17). The number of nitrogens with one attached hydrogen (secondary N) is 1. The van der Waals surface area contributed by atoms with Crippen molar-refractivity contribution in [1.29, 1.82) is 0 Å². The molecule has 1 N–H and O–H groups in total. The summed E-state index contributed by atoms with van der Waals surface area (Å²) in [6.07, 6.45) is 3.22. The first-order valence-electron chi connectivity index (χ1n) is 5.65. The van der Waals surface area contributed by atoms with Crippen molar-refractivity contribution in [2.45, 2.75) is 13.0 Å². The number of aromatic nitrogens is 2. The normalized spacial score (nSPS) is 12.1. The van der Waals surface area contributed by atoms with Crippen molar-refractivity contribution in [1.82, 2.24) is 15.3 Å². The molecule has 1 aromatic heterocycles. The molecule has 0 saturated heterocycles. The van der Waals surface area contributed by atoms with Crippen LogP contribution in [-0.4, -0.2) is 22.8 Å². The Labute approximate surface area is 105 Å². The lowest BCUT2D eigenvalue weighted by atomic mass is 10.1. The van der Waals surface area contributed by atoms with Gasteiger partial charge in [0.25, 0.3) is 5.91 Å². The highest BCUT2D eigenvalue weighted by atomic mass is 16.6. The number of benzene rings is 1. The lowest BCUT2D eigenvalue weighted by molar-refractivity contribution is 0.0537. The highest BCUT2D eigenvalue weighted by molar-refractivity contribution is 5.92. The Morgan fingerprint density at radius 3 is 2.78 bits per heavy atom. The maximum Gasteiger partial charge on any atom is 0.278 e. The summed E-state index contributed by atoms with van der Waals surface area (Å²) in [7, 11) is 1.40. The number of hydrogen-bond donors (Lipinski definition) is 1. The monoisotopic (exact) mass is 245 g/mol. The van der Waals surface area contributed by atoms with Crippen LogP contribution in [0.4, 0.5) is 0 Å². The van der Waals surface area contributed by atoms with Gasteiger partial charge in [-0.3, -0.25) is 14.3 Å².